The van der Waals surface area contributed by atoms with Gasteiger partial charge in [-0.2, -0.15) is 13.2 Å². The van der Waals surface area contributed by atoms with Gasteiger partial charge in [0.05, 0.1) is 11.7 Å². The summed E-state index contributed by atoms with van der Waals surface area (Å²) in [5, 5.41) is 3.17. The lowest BCUT2D eigenvalue weighted by molar-refractivity contribution is -0.145. The summed E-state index contributed by atoms with van der Waals surface area (Å²) < 4.78 is 73.7. The van der Waals surface area contributed by atoms with Crippen molar-refractivity contribution in [2.75, 3.05) is 25.2 Å². The summed E-state index contributed by atoms with van der Waals surface area (Å²) in [6.45, 7) is 1.25. The number of benzene rings is 1. The van der Waals surface area contributed by atoms with Crippen LogP contribution < -0.4 is 14.8 Å². The molecule has 0 saturated heterocycles. The van der Waals surface area contributed by atoms with Crippen LogP contribution in [-0.2, 0) is 16.4 Å². The van der Waals surface area contributed by atoms with Gasteiger partial charge in [-0.1, -0.05) is 31.7 Å². The SMILES string of the molecule is C.CS(=O)(=O)C[C@@H](c1ccc(CNC[C@H]2COc3cccnc3O2)cc1)C(F)(F)F.Cl. The molecular weight excluding hydrogens is 457 g/mol. The third-order valence-electron chi connectivity index (χ3n) is 4.39. The van der Waals surface area contributed by atoms with Gasteiger partial charge in [0, 0.05) is 25.5 Å². The Labute approximate surface area is 186 Å². The Balaban J connectivity index is 0.00000240. The van der Waals surface area contributed by atoms with Crippen LogP contribution in [0.1, 0.15) is 24.5 Å². The average Bonchev–Trinajstić information content (AvgIpc) is 2.65. The average molecular weight is 483 g/mol. The highest BCUT2D eigenvalue weighted by Gasteiger charge is 2.42. The van der Waals surface area contributed by atoms with E-state index in [1.807, 2.05) is 0 Å². The first-order valence-corrected chi connectivity index (χ1v) is 11.0. The van der Waals surface area contributed by atoms with Crippen molar-refractivity contribution in [2.45, 2.75) is 32.2 Å². The van der Waals surface area contributed by atoms with Gasteiger partial charge < -0.3 is 14.8 Å². The van der Waals surface area contributed by atoms with Gasteiger partial charge in [-0.05, 0) is 23.3 Å². The van der Waals surface area contributed by atoms with Gasteiger partial charge in [-0.3, -0.25) is 0 Å². The number of rotatable bonds is 7. The van der Waals surface area contributed by atoms with Crippen LogP contribution in [0.5, 0.6) is 11.6 Å². The molecule has 1 aromatic heterocycles. The molecule has 0 fully saturated rings. The van der Waals surface area contributed by atoms with Gasteiger partial charge in [0.15, 0.2) is 5.75 Å². The van der Waals surface area contributed by atoms with Gasteiger partial charge in [0.2, 0.25) is 0 Å². The number of pyridine rings is 1. The maximum atomic E-state index is 13.2. The van der Waals surface area contributed by atoms with Crippen molar-refractivity contribution in [2.24, 2.45) is 0 Å². The van der Waals surface area contributed by atoms with Gasteiger partial charge in [-0.25, -0.2) is 13.4 Å². The quantitative estimate of drug-likeness (QED) is 0.647. The third kappa shape index (κ3) is 7.86. The predicted molar refractivity (Wildman–Crippen MR) is 115 cm³/mol. The zero-order valence-corrected chi connectivity index (χ0v) is 17.7. The Morgan fingerprint density at radius 2 is 1.90 bits per heavy atom. The molecule has 3 rings (SSSR count). The van der Waals surface area contributed by atoms with Crippen LogP contribution in [0.25, 0.3) is 0 Å². The van der Waals surface area contributed by atoms with E-state index < -0.39 is 27.7 Å². The zero-order chi connectivity index (χ0) is 21.1. The molecule has 0 unspecified atom stereocenters. The number of hydrogen-bond acceptors (Lipinski definition) is 6. The molecule has 2 atom stereocenters. The van der Waals surface area contributed by atoms with Gasteiger partial charge >= 0.3 is 6.18 Å². The number of ether oxygens (including phenoxy) is 2. The summed E-state index contributed by atoms with van der Waals surface area (Å²) in [5.41, 5.74) is 0.697. The number of nitrogens with zero attached hydrogens (tertiary/aromatic N) is 1. The number of aromatic nitrogens is 1. The second-order valence-corrected chi connectivity index (χ2v) is 9.10. The zero-order valence-electron chi connectivity index (χ0n) is 16.1. The van der Waals surface area contributed by atoms with Gasteiger partial charge in [0.1, 0.15) is 22.5 Å². The smallest absolute Gasteiger partial charge is 0.396 e. The van der Waals surface area contributed by atoms with Crippen LogP contribution >= 0.6 is 12.4 Å². The van der Waals surface area contributed by atoms with E-state index in [0.717, 1.165) is 11.8 Å². The number of fused-ring (bicyclic) bond motifs is 1. The fourth-order valence-corrected chi connectivity index (χ4v) is 3.96. The Kier molecular flexibility index (Phi) is 9.59. The molecular formula is C20H26ClF3N2O4S. The van der Waals surface area contributed by atoms with E-state index in [4.69, 9.17) is 9.47 Å². The lowest BCUT2D eigenvalue weighted by atomic mass is 9.99. The Hall–Kier alpha value is -2.04. The van der Waals surface area contributed by atoms with Crippen molar-refractivity contribution in [3.63, 3.8) is 0 Å². The van der Waals surface area contributed by atoms with E-state index in [1.54, 1.807) is 30.5 Å². The molecule has 11 heteroatoms. The maximum Gasteiger partial charge on any atom is 0.396 e. The molecule has 31 heavy (non-hydrogen) atoms. The summed E-state index contributed by atoms with van der Waals surface area (Å²) in [5.74, 6) is -1.99. The molecule has 174 valence electrons. The molecule has 0 saturated carbocycles. The number of hydrogen-bond donors (Lipinski definition) is 1. The first kappa shape index (κ1) is 27.0. The molecule has 0 aliphatic carbocycles. The first-order valence-electron chi connectivity index (χ1n) is 8.90. The minimum atomic E-state index is -4.63. The van der Waals surface area contributed by atoms with E-state index in [0.29, 0.717) is 31.3 Å². The topological polar surface area (TPSA) is 77.5 Å². The normalized spacial score (nSPS) is 16.6. The van der Waals surface area contributed by atoms with Crippen LogP contribution in [-0.4, -0.2) is 50.8 Å². The molecule has 2 heterocycles. The van der Waals surface area contributed by atoms with Crippen molar-refractivity contribution >= 4 is 22.2 Å². The highest BCUT2D eigenvalue weighted by Crippen LogP contribution is 2.36. The van der Waals surface area contributed by atoms with E-state index in [1.165, 1.54) is 12.1 Å². The molecule has 1 aromatic carbocycles. The Morgan fingerprint density at radius 1 is 1.23 bits per heavy atom. The molecule has 0 amide bonds. The number of halogens is 4. The van der Waals surface area contributed by atoms with Gasteiger partial charge in [0.25, 0.3) is 5.88 Å². The second-order valence-electron chi connectivity index (χ2n) is 6.92. The Morgan fingerprint density at radius 3 is 2.52 bits per heavy atom. The Bertz CT molecular complexity index is 940. The summed E-state index contributed by atoms with van der Waals surface area (Å²) in [6.07, 6.45) is -2.46. The lowest BCUT2D eigenvalue weighted by Gasteiger charge is -2.25. The summed E-state index contributed by atoms with van der Waals surface area (Å²) in [4.78, 5) is 4.10. The molecule has 2 aromatic rings. The summed E-state index contributed by atoms with van der Waals surface area (Å²) in [6, 6.07) is 9.27. The fourth-order valence-electron chi connectivity index (χ4n) is 2.98. The third-order valence-corrected chi connectivity index (χ3v) is 5.33. The van der Waals surface area contributed by atoms with Crippen molar-refractivity contribution in [3.8, 4) is 11.6 Å². The number of sulfone groups is 1. The van der Waals surface area contributed by atoms with Crippen LogP contribution in [0, 0.1) is 0 Å². The van der Waals surface area contributed by atoms with E-state index >= 15 is 0 Å². The fraction of sp³-hybridized carbons (Fsp3) is 0.450. The van der Waals surface area contributed by atoms with Crippen LogP contribution in [0.3, 0.4) is 0 Å². The summed E-state index contributed by atoms with van der Waals surface area (Å²) in [7, 11) is -3.78. The van der Waals surface area contributed by atoms with Crippen LogP contribution in [0.4, 0.5) is 13.2 Å². The first-order chi connectivity index (χ1) is 13.6. The lowest BCUT2D eigenvalue weighted by Crippen LogP contribution is -2.38. The second kappa shape index (κ2) is 11.0. The van der Waals surface area contributed by atoms with Crippen molar-refractivity contribution in [3.05, 3.63) is 53.7 Å². The highest BCUT2D eigenvalue weighted by molar-refractivity contribution is 7.90. The van der Waals surface area contributed by atoms with Crippen molar-refractivity contribution < 1.29 is 31.1 Å². The van der Waals surface area contributed by atoms with E-state index in [2.05, 4.69) is 10.3 Å². The largest absolute Gasteiger partial charge is 0.484 e. The molecule has 1 N–H and O–H groups in total. The van der Waals surface area contributed by atoms with E-state index in [9.17, 15) is 21.6 Å². The molecule has 0 spiro atoms. The van der Waals surface area contributed by atoms with Gasteiger partial charge in [-0.15, -0.1) is 12.4 Å². The minimum Gasteiger partial charge on any atom is -0.484 e. The molecule has 0 radical (unpaired) electrons. The van der Waals surface area contributed by atoms with Crippen LogP contribution in [0.2, 0.25) is 0 Å². The minimum absolute atomic E-state index is 0. The number of alkyl halides is 3. The molecule has 0 bridgehead atoms. The molecule has 1 aliphatic heterocycles. The molecule has 6 nitrogen and oxygen atoms in total. The molecule has 1 aliphatic rings. The highest BCUT2D eigenvalue weighted by atomic mass is 35.5. The predicted octanol–water partition coefficient (Wildman–Crippen LogP) is 3.76. The van der Waals surface area contributed by atoms with E-state index in [-0.39, 0.29) is 31.5 Å². The maximum absolute atomic E-state index is 13.2. The van der Waals surface area contributed by atoms with Crippen molar-refractivity contribution in [1.82, 2.24) is 10.3 Å². The summed E-state index contributed by atoms with van der Waals surface area (Å²) >= 11 is 0. The monoisotopic (exact) mass is 482 g/mol. The standard InChI is InChI=1S/C19H21F3N2O4S.CH4.ClH/c1-29(25,26)12-16(19(20,21)22)14-6-4-13(5-7-14)9-23-10-15-11-27-17-3-2-8-24-18(17)28-15;;/h2-8,15-16,23H,9-12H2,1H3;1H4;1H/t15-,16-;;/m0../s1. The van der Waals surface area contributed by atoms with Crippen LogP contribution in [0.15, 0.2) is 42.6 Å². The number of nitrogens with one attached hydrogen (secondary N) is 1. The van der Waals surface area contributed by atoms with Crippen molar-refractivity contribution in [1.29, 1.82) is 0 Å².